The van der Waals surface area contributed by atoms with E-state index in [9.17, 15) is 43.8 Å². The van der Waals surface area contributed by atoms with Crippen LogP contribution in [-0.4, -0.2) is 182 Å². The van der Waals surface area contributed by atoms with E-state index in [1.807, 2.05) is 90.4 Å². The van der Waals surface area contributed by atoms with Crippen LogP contribution in [-0.2, 0) is 41.8 Å². The first-order valence-electron chi connectivity index (χ1n) is 41.7. The number of nitrogens with one attached hydrogen (secondary N) is 7. The Labute approximate surface area is 689 Å². The Morgan fingerprint density at radius 1 is 0.529 bits per heavy atom. The quantitative estimate of drug-likeness (QED) is 0.0460. The van der Waals surface area contributed by atoms with Gasteiger partial charge in [0.2, 0.25) is 17.7 Å². The van der Waals surface area contributed by atoms with Crippen molar-refractivity contribution in [1.82, 2.24) is 75.4 Å². The monoisotopic (exact) mass is 1620 g/mol. The van der Waals surface area contributed by atoms with E-state index in [1.165, 1.54) is 14.2 Å². The molecule has 7 aliphatic rings. The molecule has 0 aliphatic carbocycles. The van der Waals surface area contributed by atoms with Gasteiger partial charge in [0.05, 0.1) is 84.2 Å². The van der Waals surface area contributed by atoms with Crippen LogP contribution >= 0.6 is 0 Å². The predicted molar refractivity (Wildman–Crippen MR) is 448 cm³/mol. The zero-order valence-corrected chi connectivity index (χ0v) is 69.9. The summed E-state index contributed by atoms with van der Waals surface area (Å²) in [5.41, 5.74) is 12.6. The molecule has 11 heterocycles. The number of alkyl carbamates (subject to hydrolysis) is 2. The Morgan fingerprint density at radius 2 is 0.975 bits per heavy atom. The third kappa shape index (κ3) is 15.0. The minimum absolute atomic E-state index is 0.0194. The van der Waals surface area contributed by atoms with Crippen LogP contribution in [0.15, 0.2) is 97.3 Å². The Balaban J connectivity index is 0.000000179. The summed E-state index contributed by atoms with van der Waals surface area (Å²) in [6.45, 7) is 25.9. The molecular weight excluding hydrogens is 1520 g/mol. The normalized spacial score (nSPS) is 22.6. The van der Waals surface area contributed by atoms with Crippen LogP contribution in [0.3, 0.4) is 0 Å². The Hall–Kier alpha value is -11.8. The second-order valence-corrected chi connectivity index (χ2v) is 35.6. The van der Waals surface area contributed by atoms with Crippen molar-refractivity contribution in [3.05, 3.63) is 132 Å². The third-order valence-corrected chi connectivity index (χ3v) is 26.4. The fourth-order valence-corrected chi connectivity index (χ4v) is 19.8. The summed E-state index contributed by atoms with van der Waals surface area (Å²) < 4.78 is 28.2. The highest BCUT2D eigenvalue weighted by Gasteiger charge is 2.51. The molecule has 17 rings (SSSR count). The number of ether oxygens (including phenoxy) is 5. The molecule has 6 aromatic carbocycles. The minimum atomic E-state index is -1.22. The molecule has 29 heteroatoms. The van der Waals surface area contributed by atoms with E-state index in [0.717, 1.165) is 149 Å². The van der Waals surface area contributed by atoms with E-state index >= 15 is 0 Å². The van der Waals surface area contributed by atoms with Crippen LogP contribution in [0.1, 0.15) is 199 Å². The average molecular weight is 1620 g/mol. The number of fused-ring (bicyclic) bond motifs is 12. The molecule has 5 saturated heterocycles. The first-order valence-corrected chi connectivity index (χ1v) is 41.7. The van der Waals surface area contributed by atoms with Crippen molar-refractivity contribution < 1.29 is 67.5 Å². The zero-order valence-electron chi connectivity index (χ0n) is 69.9. The number of H-pyrrole nitrogens is 4. The van der Waals surface area contributed by atoms with Crippen LogP contribution in [0.2, 0.25) is 0 Å². The van der Waals surface area contributed by atoms with Gasteiger partial charge in [0, 0.05) is 64.7 Å². The van der Waals surface area contributed by atoms with E-state index < -0.39 is 47.9 Å². The van der Waals surface area contributed by atoms with Gasteiger partial charge in [-0.1, -0.05) is 91.8 Å². The maximum absolute atomic E-state index is 14.5. The second kappa shape index (κ2) is 31.8. The second-order valence-electron chi connectivity index (χ2n) is 35.6. The number of carboxylic acid groups (broad SMARTS) is 2. The number of methoxy groups -OCH3 is 2. The molecule has 0 saturated carbocycles. The number of aromatic amines is 4. The standard InChI is InChI=1S/C47H56N8O8.C43H51N7O6/c1-24(2)38(52-45(58)59)43(56)54-25(3)8-14-36(54)42-49-33-12-10-27-20-32-30-11-9-28(19-29(30)23-63-37(32)21-31(27)39(33)51-42)34-22-48-41(50-34)35-13-7-26(4)55(35)44(57)40(53-46(60)61-6)47(5)15-17-62-18-16-47;1-21(2)36(48-41(52)55-8)40(51)49-22(3)9-14-33(49)39-45-31-13-11-24-16-29-27-12-10-25(15-26(27)20-56-35(29)17-28(24)37(31)47-39)32-19-44-38(46-32)34-18-30(43(5,6)7)23(4)50(34)42(53)54/h9-12,19-22,24-26,35-36,38,40,52H,7-8,13-18,23H2,1-6H3,(H,48,50)(H,49,51)(H,53,60)(H,58,59);10-13,15-17,19,21-23,30,33-34,36H,9,14,18,20H2,1-8H3,(H,44,46)(H,45,47)(H,48,52)(H,53,54)/t25-,26-,35-,36-,38-,40+;22?,23?,30-,33+,34+,36+/m01/s1. The topological polar surface area (TPSA) is 370 Å². The van der Waals surface area contributed by atoms with E-state index in [-0.39, 0.29) is 89.2 Å². The lowest BCUT2D eigenvalue weighted by atomic mass is 9.75. The summed E-state index contributed by atoms with van der Waals surface area (Å²) in [6, 6.07) is 25.4. The minimum Gasteiger partial charge on any atom is -0.488 e. The van der Waals surface area contributed by atoms with Gasteiger partial charge in [0.15, 0.2) is 0 Å². The number of carbonyl (C=O) groups is 7. The highest BCUT2D eigenvalue weighted by Crippen LogP contribution is 2.51. The van der Waals surface area contributed by atoms with Gasteiger partial charge in [-0.2, -0.15) is 0 Å². The van der Waals surface area contributed by atoms with Crippen molar-refractivity contribution >= 4 is 85.7 Å². The maximum atomic E-state index is 14.5. The molecule has 0 bridgehead atoms. The SMILES string of the molecule is COC(=O)N[C@H](C(=O)N1C(C)CC[C@H]1c1nc2ccc3cc4c(cc3c2[nH]1)OCc1cc(-c2cnc([C@@H]3C[C@@H](C(C)(C)C)C(C)N3C(=O)O)[nH]2)ccc1-4)C(C)C.COC(=O)N[C@H](C(=O)N1[C@@H](C)CC[C@H]1c1ncc(-c2ccc3c(c2)COc2cc4c(ccc5nc([C@@H]6CC[C@H](C)N6C(=O)[C@@H](NC(=O)O)C(C)C)[nH]c54)cc2-3)[nH]1)C1(C)CCOCC1. The number of imidazole rings is 4. The smallest absolute Gasteiger partial charge is 0.408 e. The van der Waals surface area contributed by atoms with Gasteiger partial charge in [-0.15, -0.1) is 0 Å². The number of likely N-dealkylation sites (tertiary alicyclic amines) is 4. The van der Waals surface area contributed by atoms with E-state index in [4.69, 9.17) is 43.6 Å². The maximum Gasteiger partial charge on any atom is 0.408 e. The molecule has 119 heavy (non-hydrogen) atoms. The van der Waals surface area contributed by atoms with Crippen LogP contribution in [0.5, 0.6) is 11.5 Å². The lowest BCUT2D eigenvalue weighted by Gasteiger charge is -2.42. The van der Waals surface area contributed by atoms with Crippen molar-refractivity contribution in [1.29, 1.82) is 0 Å². The number of carbonyl (C=O) groups excluding carboxylic acids is 5. The lowest BCUT2D eigenvalue weighted by molar-refractivity contribution is -0.142. The zero-order chi connectivity index (χ0) is 84.1. The van der Waals surface area contributed by atoms with Crippen LogP contribution < -0.4 is 25.4 Å². The fraction of sp³-hybridized carbons (Fsp3) is 0.478. The molecule has 5 fully saturated rings. The molecule has 29 nitrogen and oxygen atoms in total. The van der Waals surface area contributed by atoms with E-state index in [0.29, 0.717) is 69.6 Å². The van der Waals surface area contributed by atoms with Crippen molar-refractivity contribution in [2.24, 2.45) is 28.6 Å². The molecular formula is C90H107N15O14. The molecule has 2 unspecified atom stereocenters. The Bertz CT molecular complexity index is 5630. The van der Waals surface area contributed by atoms with Crippen LogP contribution in [0, 0.1) is 28.6 Å². The summed E-state index contributed by atoms with van der Waals surface area (Å²) in [4.78, 5) is 132. The first kappa shape index (κ1) is 81.0. The largest absolute Gasteiger partial charge is 0.488 e. The number of amides is 7. The molecule has 10 aromatic rings. The molecule has 7 amide bonds. The third-order valence-electron chi connectivity index (χ3n) is 26.4. The highest BCUT2D eigenvalue weighted by molar-refractivity contribution is 6.08. The van der Waals surface area contributed by atoms with Crippen molar-refractivity contribution in [3.8, 4) is 56.3 Å². The highest BCUT2D eigenvalue weighted by atomic mass is 16.5. The van der Waals surface area contributed by atoms with Crippen LogP contribution in [0.4, 0.5) is 19.2 Å². The first-order chi connectivity index (χ1) is 56.9. The predicted octanol–water partition coefficient (Wildman–Crippen LogP) is 16.2. The average Bonchev–Trinajstić information content (AvgIpc) is 1.73. The number of rotatable bonds is 15. The van der Waals surface area contributed by atoms with Gasteiger partial charge in [-0.3, -0.25) is 19.3 Å². The van der Waals surface area contributed by atoms with E-state index in [2.05, 4.69) is 129 Å². The summed E-state index contributed by atoms with van der Waals surface area (Å²) in [5, 5.41) is 31.6. The summed E-state index contributed by atoms with van der Waals surface area (Å²) in [6.07, 6.45) is 6.82. The molecule has 4 aromatic heterocycles. The molecule has 0 spiro atoms. The lowest BCUT2D eigenvalue weighted by Crippen LogP contribution is -2.58. The van der Waals surface area contributed by atoms with Gasteiger partial charge in [0.1, 0.15) is 66.1 Å². The molecule has 12 atom stereocenters. The van der Waals surface area contributed by atoms with E-state index in [1.54, 1.807) is 16.0 Å². The summed E-state index contributed by atoms with van der Waals surface area (Å²) >= 11 is 0. The van der Waals surface area contributed by atoms with Crippen LogP contribution in [0.25, 0.3) is 88.4 Å². The molecule has 7 aliphatic heterocycles. The summed E-state index contributed by atoms with van der Waals surface area (Å²) in [5.74, 6) is 3.63. The number of aromatic nitrogens is 8. The van der Waals surface area contributed by atoms with Gasteiger partial charge >= 0.3 is 24.4 Å². The van der Waals surface area contributed by atoms with Gasteiger partial charge < -0.3 is 84.5 Å². The molecule has 626 valence electrons. The van der Waals surface area contributed by atoms with Crippen molar-refractivity contribution in [3.63, 3.8) is 0 Å². The van der Waals surface area contributed by atoms with Crippen molar-refractivity contribution in [2.45, 2.75) is 221 Å². The van der Waals surface area contributed by atoms with Gasteiger partial charge in [0.25, 0.3) is 0 Å². The number of hydrogen-bond donors (Lipinski definition) is 9. The van der Waals surface area contributed by atoms with Gasteiger partial charge in [-0.25, -0.2) is 39.1 Å². The molecule has 0 radical (unpaired) electrons. The van der Waals surface area contributed by atoms with Gasteiger partial charge in [-0.05, 0) is 201 Å². The number of benzene rings is 6. The molecule has 9 N–H and O–H groups in total. The number of nitrogens with zero attached hydrogens (tertiary/aromatic N) is 8. The Morgan fingerprint density at radius 3 is 1.42 bits per heavy atom. The summed E-state index contributed by atoms with van der Waals surface area (Å²) in [7, 11) is 2.60. The number of hydrogen-bond acceptors (Lipinski definition) is 16. The van der Waals surface area contributed by atoms with Crippen molar-refractivity contribution in [2.75, 3.05) is 27.4 Å². The fourth-order valence-electron chi connectivity index (χ4n) is 19.8. The Kier molecular flexibility index (Phi) is 21.7.